The van der Waals surface area contributed by atoms with Crippen molar-refractivity contribution >= 4 is 48.5 Å². The number of nitrogens with zero attached hydrogens (tertiary/aromatic N) is 3. The van der Waals surface area contributed by atoms with E-state index in [0.717, 1.165) is 37.1 Å². The van der Waals surface area contributed by atoms with E-state index in [1.165, 1.54) is 3.97 Å². The Morgan fingerprint density at radius 1 is 1.10 bits per heavy atom. The second-order valence-corrected chi connectivity index (χ2v) is 10.9. The van der Waals surface area contributed by atoms with Gasteiger partial charge in [0.05, 0.1) is 12.6 Å². The third kappa shape index (κ3) is 4.24. The predicted molar refractivity (Wildman–Crippen MR) is 128 cm³/mol. The molecule has 0 amide bonds. The van der Waals surface area contributed by atoms with E-state index in [1.807, 2.05) is 13.0 Å². The molecule has 3 aromatic rings. The van der Waals surface area contributed by atoms with Gasteiger partial charge in [-0.1, -0.05) is 11.6 Å². The monoisotopic (exact) mass is 525 g/mol. The molecule has 9 heteroatoms. The van der Waals surface area contributed by atoms with Gasteiger partial charge in [-0.15, -0.1) is 0 Å². The average Bonchev–Trinajstić information content (AvgIpc) is 3.00. The molecule has 4 rings (SSSR count). The average molecular weight is 527 g/mol. The van der Waals surface area contributed by atoms with Crippen molar-refractivity contribution < 1.29 is 13.2 Å². The number of benzene rings is 2. The highest BCUT2D eigenvalue weighted by Gasteiger charge is 2.28. The Hall–Kier alpha value is -1.58. The Kier molecular flexibility index (Phi) is 6.38. The summed E-state index contributed by atoms with van der Waals surface area (Å²) in [6.45, 7) is 6.43. The van der Waals surface area contributed by atoms with Crippen LogP contribution in [0.2, 0.25) is 5.02 Å². The van der Waals surface area contributed by atoms with Crippen molar-refractivity contribution in [3.05, 3.63) is 57.2 Å². The Morgan fingerprint density at radius 2 is 1.81 bits per heavy atom. The zero-order valence-corrected chi connectivity index (χ0v) is 20.9. The summed E-state index contributed by atoms with van der Waals surface area (Å²) in [4.78, 5) is 4.85. The summed E-state index contributed by atoms with van der Waals surface area (Å²) >= 11 is 9.71. The number of piperazine rings is 1. The zero-order chi connectivity index (χ0) is 22.3. The largest absolute Gasteiger partial charge is 0.497 e. The maximum absolute atomic E-state index is 13.8. The van der Waals surface area contributed by atoms with Crippen LogP contribution in [0.4, 0.5) is 0 Å². The molecule has 1 aliphatic rings. The zero-order valence-electron chi connectivity index (χ0n) is 17.7. The molecule has 1 saturated heterocycles. The number of fused-ring (bicyclic) bond motifs is 1. The molecule has 31 heavy (non-hydrogen) atoms. The van der Waals surface area contributed by atoms with Gasteiger partial charge in [-0.25, -0.2) is 12.4 Å². The number of ether oxygens (including phenoxy) is 1. The smallest absolute Gasteiger partial charge is 0.269 e. The molecule has 0 spiro atoms. The molecule has 0 saturated carbocycles. The van der Waals surface area contributed by atoms with Crippen LogP contribution in [0.5, 0.6) is 5.75 Å². The van der Waals surface area contributed by atoms with Gasteiger partial charge >= 0.3 is 0 Å². The molecule has 0 N–H and O–H groups in total. The molecule has 0 atom stereocenters. The van der Waals surface area contributed by atoms with Crippen LogP contribution in [-0.2, 0) is 16.6 Å². The van der Waals surface area contributed by atoms with E-state index in [2.05, 4.69) is 32.8 Å². The van der Waals surface area contributed by atoms with Crippen LogP contribution in [0.1, 0.15) is 11.3 Å². The molecule has 1 fully saturated rings. The van der Waals surface area contributed by atoms with Crippen molar-refractivity contribution in [1.29, 1.82) is 0 Å². The SMILES string of the molecule is COc1ccc(S(=O)(=O)n2c(C)c(CN3CCN(C)CC3)c3cc(Cl)ccc32)c(Br)c1. The van der Waals surface area contributed by atoms with Gasteiger partial charge in [-0.2, -0.15) is 0 Å². The first kappa shape index (κ1) is 22.6. The standard InChI is InChI=1S/C22H25BrClN3O3S/c1-15-19(14-26-10-8-25(2)9-11-26)18-12-16(24)4-6-21(18)27(15)31(28,29)22-7-5-17(30-3)13-20(22)23/h4-7,12-13H,8-11,14H2,1-3H3. The van der Waals surface area contributed by atoms with Gasteiger partial charge in [0.1, 0.15) is 10.6 Å². The molecular formula is C22H25BrClN3O3S. The minimum absolute atomic E-state index is 0.189. The maximum Gasteiger partial charge on any atom is 0.269 e. The van der Waals surface area contributed by atoms with E-state index < -0.39 is 10.0 Å². The number of likely N-dealkylation sites (N-methyl/N-ethyl adjacent to an activating group) is 1. The van der Waals surface area contributed by atoms with E-state index in [1.54, 1.807) is 37.4 Å². The first-order chi connectivity index (χ1) is 14.7. The van der Waals surface area contributed by atoms with Crippen LogP contribution in [0.15, 0.2) is 45.8 Å². The summed E-state index contributed by atoms with van der Waals surface area (Å²) in [7, 11) is -0.181. The van der Waals surface area contributed by atoms with Gasteiger partial charge in [0.25, 0.3) is 10.0 Å². The molecule has 0 radical (unpaired) electrons. The highest BCUT2D eigenvalue weighted by atomic mass is 79.9. The lowest BCUT2D eigenvalue weighted by atomic mass is 10.1. The topological polar surface area (TPSA) is 54.8 Å². The summed E-state index contributed by atoms with van der Waals surface area (Å²) in [6.07, 6.45) is 0. The molecule has 6 nitrogen and oxygen atoms in total. The lowest BCUT2D eigenvalue weighted by molar-refractivity contribution is 0.148. The number of aromatic nitrogens is 1. The van der Waals surface area contributed by atoms with E-state index >= 15 is 0 Å². The number of rotatable bonds is 5. The van der Waals surface area contributed by atoms with Gasteiger partial charge in [0.2, 0.25) is 0 Å². The van der Waals surface area contributed by atoms with E-state index in [4.69, 9.17) is 16.3 Å². The second kappa shape index (κ2) is 8.75. The highest BCUT2D eigenvalue weighted by molar-refractivity contribution is 9.10. The first-order valence-electron chi connectivity index (χ1n) is 10.0. The summed E-state index contributed by atoms with van der Waals surface area (Å²) in [5.41, 5.74) is 2.34. The number of hydrogen-bond acceptors (Lipinski definition) is 5. The summed E-state index contributed by atoms with van der Waals surface area (Å²) in [5.74, 6) is 0.586. The van der Waals surface area contributed by atoms with Crippen LogP contribution >= 0.6 is 27.5 Å². The third-order valence-corrected chi connectivity index (χ3v) is 8.90. The first-order valence-corrected chi connectivity index (χ1v) is 12.6. The van der Waals surface area contributed by atoms with Gasteiger partial charge in [0, 0.05) is 53.3 Å². The number of methoxy groups -OCH3 is 1. The summed E-state index contributed by atoms with van der Waals surface area (Å²) < 4.78 is 34.6. The fourth-order valence-corrected chi connectivity index (χ4v) is 6.85. The molecule has 1 aromatic heterocycles. The minimum atomic E-state index is -3.85. The molecule has 1 aliphatic heterocycles. The molecule has 0 unspecified atom stereocenters. The van der Waals surface area contributed by atoms with Crippen LogP contribution < -0.4 is 4.74 Å². The predicted octanol–water partition coefficient (Wildman–Crippen LogP) is 4.36. The van der Waals surface area contributed by atoms with Crippen LogP contribution in [0, 0.1) is 6.92 Å². The van der Waals surface area contributed by atoms with E-state index in [-0.39, 0.29) is 4.90 Å². The molecule has 0 aliphatic carbocycles. The molecule has 2 aromatic carbocycles. The molecular weight excluding hydrogens is 502 g/mol. The molecule has 0 bridgehead atoms. The van der Waals surface area contributed by atoms with Crippen LogP contribution in [-0.4, -0.2) is 62.5 Å². The van der Waals surface area contributed by atoms with Crippen molar-refractivity contribution in [2.24, 2.45) is 0 Å². The van der Waals surface area contributed by atoms with Gasteiger partial charge in [-0.3, -0.25) is 4.90 Å². The van der Waals surface area contributed by atoms with E-state index in [9.17, 15) is 8.42 Å². The number of hydrogen-bond donors (Lipinski definition) is 0. The fraction of sp³-hybridized carbons (Fsp3) is 0.364. The van der Waals surface area contributed by atoms with Crippen molar-refractivity contribution in [2.75, 3.05) is 40.3 Å². The second-order valence-electron chi connectivity index (χ2n) is 7.87. The lowest BCUT2D eigenvalue weighted by Crippen LogP contribution is -2.43. The highest BCUT2D eigenvalue weighted by Crippen LogP contribution is 2.35. The quantitative estimate of drug-likeness (QED) is 0.494. The Morgan fingerprint density at radius 3 is 2.45 bits per heavy atom. The van der Waals surface area contributed by atoms with Crippen molar-refractivity contribution in [3.63, 3.8) is 0 Å². The Balaban J connectivity index is 1.86. The molecule has 2 heterocycles. The van der Waals surface area contributed by atoms with Gasteiger partial charge in [-0.05, 0) is 71.9 Å². The summed E-state index contributed by atoms with van der Waals surface area (Å²) in [5, 5.41) is 1.46. The molecule has 166 valence electrons. The number of halogens is 2. The van der Waals surface area contributed by atoms with Gasteiger partial charge in [0.15, 0.2) is 0 Å². The van der Waals surface area contributed by atoms with Crippen molar-refractivity contribution in [3.8, 4) is 5.75 Å². The summed E-state index contributed by atoms with van der Waals surface area (Å²) in [6, 6.07) is 10.3. The van der Waals surface area contributed by atoms with Gasteiger partial charge < -0.3 is 9.64 Å². The van der Waals surface area contributed by atoms with Crippen LogP contribution in [0.25, 0.3) is 10.9 Å². The van der Waals surface area contributed by atoms with E-state index in [0.29, 0.717) is 33.0 Å². The normalized spacial score (nSPS) is 16.2. The maximum atomic E-state index is 13.8. The van der Waals surface area contributed by atoms with Crippen molar-refractivity contribution in [1.82, 2.24) is 13.8 Å². The van der Waals surface area contributed by atoms with Crippen molar-refractivity contribution in [2.45, 2.75) is 18.4 Å². The van der Waals surface area contributed by atoms with Crippen LogP contribution in [0.3, 0.4) is 0 Å². The fourth-order valence-electron chi connectivity index (χ4n) is 4.08. The Labute approximate surface area is 196 Å². The minimum Gasteiger partial charge on any atom is -0.497 e. The lowest BCUT2D eigenvalue weighted by Gasteiger charge is -2.32. The Bertz CT molecular complexity index is 1230. The third-order valence-electron chi connectivity index (χ3n) is 5.88.